The minimum atomic E-state index is -1.30. The van der Waals surface area contributed by atoms with E-state index in [4.69, 9.17) is 16.6 Å². The number of carboxylic acid groups (broad SMARTS) is 2. The molecule has 0 aromatic heterocycles. The standard InChI is InChI=1S/C11H13NO6/c1-2-6-18-7-5-9(13)12-8(11(16)17)3-4-10(14)15/h1,5,7-8H,3-4,6H2,(H,12,13)(H,14,15)(H,16,17)/b7-5+. The van der Waals surface area contributed by atoms with Crippen molar-refractivity contribution in [3.63, 3.8) is 0 Å². The van der Waals surface area contributed by atoms with Gasteiger partial charge in [-0.15, -0.1) is 6.42 Å². The smallest absolute Gasteiger partial charge is 0.326 e. The molecule has 3 N–H and O–H groups in total. The number of ether oxygens (including phenoxy) is 1. The van der Waals surface area contributed by atoms with Gasteiger partial charge in [0.2, 0.25) is 5.91 Å². The Morgan fingerprint density at radius 2 is 2.06 bits per heavy atom. The van der Waals surface area contributed by atoms with E-state index in [-0.39, 0.29) is 19.4 Å². The average molecular weight is 255 g/mol. The van der Waals surface area contributed by atoms with Crippen molar-refractivity contribution in [3.05, 3.63) is 12.3 Å². The third-order valence-electron chi connectivity index (χ3n) is 1.74. The molecule has 0 spiro atoms. The second-order valence-corrected chi connectivity index (χ2v) is 3.15. The lowest BCUT2D eigenvalue weighted by Gasteiger charge is -2.11. The maximum absolute atomic E-state index is 11.2. The summed E-state index contributed by atoms with van der Waals surface area (Å²) >= 11 is 0. The predicted molar refractivity (Wildman–Crippen MR) is 60.4 cm³/mol. The SMILES string of the molecule is C#CCO/C=C/C(=O)NC(CCC(=O)O)C(=O)O. The fraction of sp³-hybridized carbons (Fsp3) is 0.364. The van der Waals surface area contributed by atoms with E-state index < -0.39 is 23.9 Å². The third-order valence-corrected chi connectivity index (χ3v) is 1.74. The van der Waals surface area contributed by atoms with E-state index in [1.165, 1.54) is 0 Å². The van der Waals surface area contributed by atoms with Crippen LogP contribution in [-0.2, 0) is 19.1 Å². The molecule has 1 atom stereocenters. The highest BCUT2D eigenvalue weighted by atomic mass is 16.5. The van der Waals surface area contributed by atoms with Crippen LogP contribution in [0.4, 0.5) is 0 Å². The van der Waals surface area contributed by atoms with E-state index in [0.29, 0.717) is 0 Å². The highest BCUT2D eigenvalue weighted by molar-refractivity contribution is 5.91. The Morgan fingerprint density at radius 3 is 2.56 bits per heavy atom. The van der Waals surface area contributed by atoms with Crippen molar-refractivity contribution in [2.75, 3.05) is 6.61 Å². The number of hydrogen-bond donors (Lipinski definition) is 3. The van der Waals surface area contributed by atoms with Gasteiger partial charge in [0.25, 0.3) is 0 Å². The molecule has 0 heterocycles. The Kier molecular flexibility index (Phi) is 7.44. The monoisotopic (exact) mass is 255 g/mol. The fourth-order valence-corrected chi connectivity index (χ4v) is 0.951. The largest absolute Gasteiger partial charge is 0.488 e. The number of carbonyl (C=O) groups excluding carboxylic acids is 1. The van der Waals surface area contributed by atoms with Crippen LogP contribution in [0.2, 0.25) is 0 Å². The van der Waals surface area contributed by atoms with Crippen molar-refractivity contribution >= 4 is 17.8 Å². The maximum Gasteiger partial charge on any atom is 0.326 e. The van der Waals surface area contributed by atoms with Gasteiger partial charge >= 0.3 is 11.9 Å². The van der Waals surface area contributed by atoms with E-state index in [9.17, 15) is 14.4 Å². The minimum absolute atomic E-state index is 0.00878. The Balaban J connectivity index is 4.20. The molecule has 0 aromatic carbocycles. The zero-order chi connectivity index (χ0) is 14.0. The van der Waals surface area contributed by atoms with Gasteiger partial charge in [-0.25, -0.2) is 4.79 Å². The van der Waals surface area contributed by atoms with E-state index in [2.05, 4.69) is 16.0 Å². The van der Waals surface area contributed by atoms with Crippen molar-refractivity contribution < 1.29 is 29.3 Å². The molecule has 18 heavy (non-hydrogen) atoms. The summed E-state index contributed by atoms with van der Waals surface area (Å²) in [6.07, 6.45) is 6.34. The summed E-state index contributed by atoms with van der Waals surface area (Å²) in [6.45, 7) is -0.00878. The summed E-state index contributed by atoms with van der Waals surface area (Å²) in [5.74, 6) is -0.974. The fourth-order valence-electron chi connectivity index (χ4n) is 0.951. The highest BCUT2D eigenvalue weighted by Gasteiger charge is 2.19. The van der Waals surface area contributed by atoms with Gasteiger partial charge in [-0.1, -0.05) is 5.92 Å². The Bertz CT molecular complexity index is 381. The Hall–Kier alpha value is -2.49. The van der Waals surface area contributed by atoms with E-state index in [0.717, 1.165) is 12.3 Å². The number of aliphatic carboxylic acids is 2. The molecular weight excluding hydrogens is 242 g/mol. The first kappa shape index (κ1) is 15.5. The van der Waals surface area contributed by atoms with Crippen molar-refractivity contribution in [3.8, 4) is 12.3 Å². The summed E-state index contributed by atoms with van der Waals surface area (Å²) in [5.41, 5.74) is 0. The minimum Gasteiger partial charge on any atom is -0.488 e. The zero-order valence-electron chi connectivity index (χ0n) is 9.46. The number of hydrogen-bond acceptors (Lipinski definition) is 4. The van der Waals surface area contributed by atoms with Crippen LogP contribution < -0.4 is 5.32 Å². The van der Waals surface area contributed by atoms with Crippen LogP contribution in [0, 0.1) is 12.3 Å². The summed E-state index contributed by atoms with van der Waals surface area (Å²) in [4.78, 5) is 32.3. The summed E-state index contributed by atoms with van der Waals surface area (Å²) in [5, 5.41) is 19.3. The Labute approximate surface area is 103 Å². The molecule has 0 saturated carbocycles. The highest BCUT2D eigenvalue weighted by Crippen LogP contribution is 1.98. The lowest BCUT2D eigenvalue weighted by molar-refractivity contribution is -0.142. The molecule has 0 aliphatic heterocycles. The molecule has 0 saturated heterocycles. The van der Waals surface area contributed by atoms with Crippen LogP contribution in [0.3, 0.4) is 0 Å². The molecule has 0 fully saturated rings. The molecule has 0 bridgehead atoms. The predicted octanol–water partition coefficient (Wildman–Crippen LogP) is -0.416. The van der Waals surface area contributed by atoms with Crippen molar-refractivity contribution in [1.29, 1.82) is 0 Å². The van der Waals surface area contributed by atoms with Gasteiger partial charge in [0.05, 0.1) is 6.26 Å². The van der Waals surface area contributed by atoms with Crippen molar-refractivity contribution in [1.82, 2.24) is 5.32 Å². The second-order valence-electron chi connectivity index (χ2n) is 3.15. The van der Waals surface area contributed by atoms with Gasteiger partial charge in [-0.3, -0.25) is 9.59 Å². The molecule has 0 aromatic rings. The number of terminal acetylenes is 1. The number of carboxylic acids is 2. The zero-order valence-corrected chi connectivity index (χ0v) is 9.46. The van der Waals surface area contributed by atoms with Gasteiger partial charge in [-0.2, -0.15) is 0 Å². The summed E-state index contributed by atoms with van der Waals surface area (Å²) in [6, 6.07) is -1.26. The maximum atomic E-state index is 11.2. The molecule has 0 radical (unpaired) electrons. The van der Waals surface area contributed by atoms with Crippen LogP contribution in [0.1, 0.15) is 12.8 Å². The van der Waals surface area contributed by atoms with E-state index in [1.807, 2.05) is 0 Å². The van der Waals surface area contributed by atoms with E-state index >= 15 is 0 Å². The van der Waals surface area contributed by atoms with Gasteiger partial charge < -0.3 is 20.3 Å². The lowest BCUT2D eigenvalue weighted by Crippen LogP contribution is -2.40. The summed E-state index contributed by atoms with van der Waals surface area (Å²) < 4.78 is 4.67. The molecule has 98 valence electrons. The normalized spacial score (nSPS) is 11.5. The van der Waals surface area contributed by atoms with Crippen LogP contribution in [0.5, 0.6) is 0 Å². The number of nitrogens with one attached hydrogen (secondary N) is 1. The topological polar surface area (TPSA) is 113 Å². The van der Waals surface area contributed by atoms with E-state index in [1.54, 1.807) is 0 Å². The third kappa shape index (κ3) is 7.76. The molecular formula is C11H13NO6. The molecule has 0 aliphatic carbocycles. The lowest BCUT2D eigenvalue weighted by atomic mass is 10.1. The van der Waals surface area contributed by atoms with Gasteiger partial charge in [0.15, 0.2) is 0 Å². The molecule has 0 aliphatic rings. The second kappa shape index (κ2) is 8.64. The summed E-state index contributed by atoms with van der Waals surface area (Å²) in [7, 11) is 0. The van der Waals surface area contributed by atoms with Crippen molar-refractivity contribution in [2.45, 2.75) is 18.9 Å². The number of rotatable bonds is 8. The van der Waals surface area contributed by atoms with Crippen LogP contribution >= 0.6 is 0 Å². The first-order chi connectivity index (χ1) is 8.47. The van der Waals surface area contributed by atoms with Crippen LogP contribution in [-0.4, -0.2) is 40.7 Å². The molecule has 1 amide bonds. The molecule has 0 rings (SSSR count). The quantitative estimate of drug-likeness (QED) is 0.235. The Morgan fingerprint density at radius 1 is 1.39 bits per heavy atom. The van der Waals surface area contributed by atoms with Crippen LogP contribution in [0.25, 0.3) is 0 Å². The number of carbonyl (C=O) groups is 3. The number of amides is 1. The van der Waals surface area contributed by atoms with Crippen molar-refractivity contribution in [2.24, 2.45) is 0 Å². The molecule has 1 unspecified atom stereocenters. The first-order valence-corrected chi connectivity index (χ1v) is 4.94. The molecule has 7 heteroatoms. The first-order valence-electron chi connectivity index (χ1n) is 4.94. The van der Waals surface area contributed by atoms with Gasteiger partial charge in [-0.05, 0) is 6.42 Å². The van der Waals surface area contributed by atoms with Gasteiger partial charge in [0, 0.05) is 12.5 Å². The van der Waals surface area contributed by atoms with Gasteiger partial charge in [0.1, 0.15) is 12.6 Å². The average Bonchev–Trinajstić information content (AvgIpc) is 2.29. The van der Waals surface area contributed by atoms with Crippen LogP contribution in [0.15, 0.2) is 12.3 Å². The molecule has 7 nitrogen and oxygen atoms in total.